The van der Waals surface area contributed by atoms with E-state index in [-0.39, 0.29) is 12.2 Å². The summed E-state index contributed by atoms with van der Waals surface area (Å²) in [5.74, 6) is 0. The van der Waals surface area contributed by atoms with Crippen molar-refractivity contribution in [2.24, 2.45) is 0 Å². The summed E-state index contributed by atoms with van der Waals surface area (Å²) in [6.07, 6.45) is 10.4. The van der Waals surface area contributed by atoms with E-state index < -0.39 is 0 Å². The Hall–Kier alpha value is -1.12. The van der Waals surface area contributed by atoms with Crippen LogP contribution in [0.2, 0.25) is 0 Å². The number of aliphatic hydroxyl groups excluding tert-OH is 2. The highest BCUT2D eigenvalue weighted by Crippen LogP contribution is 2.00. The monoisotopic (exact) mass is 238 g/mol. The first-order chi connectivity index (χ1) is 8.12. The molecule has 0 amide bonds. The van der Waals surface area contributed by atoms with Crippen LogP contribution in [0, 0.1) is 0 Å². The molecule has 0 saturated carbocycles. The number of hydrogen-bond donors (Lipinski definition) is 2. The first-order valence-electron chi connectivity index (χ1n) is 5.95. The zero-order valence-corrected chi connectivity index (χ0v) is 10.7. The van der Waals surface area contributed by atoms with Gasteiger partial charge in [-0.05, 0) is 32.1 Å². The predicted molar refractivity (Wildman–Crippen MR) is 75.9 cm³/mol. The minimum absolute atomic E-state index is 0.329. The molecule has 0 spiro atoms. The van der Waals surface area contributed by atoms with Gasteiger partial charge < -0.3 is 10.2 Å². The molecule has 0 aromatic rings. The molecule has 0 bridgehead atoms. The van der Waals surface area contributed by atoms with E-state index in [1.807, 2.05) is 6.08 Å². The third kappa shape index (κ3) is 17.5. The molecule has 0 rings (SSSR count). The molecular formula is C15H26O2. The molecule has 0 radical (unpaired) electrons. The highest BCUT2D eigenvalue weighted by molar-refractivity contribution is 4.80. The largest absolute Gasteiger partial charge is 0.389 e. The van der Waals surface area contributed by atoms with E-state index in [2.05, 4.69) is 26.3 Å². The van der Waals surface area contributed by atoms with Gasteiger partial charge in [-0.15, -0.1) is 26.3 Å². The van der Waals surface area contributed by atoms with E-state index in [0.29, 0.717) is 0 Å². The lowest BCUT2D eigenvalue weighted by Gasteiger charge is -2.00. The zero-order valence-electron chi connectivity index (χ0n) is 10.7. The lowest BCUT2D eigenvalue weighted by molar-refractivity contribution is 0.210. The maximum absolute atomic E-state index is 8.93. The maximum Gasteiger partial charge on any atom is 0.0721 e. The summed E-state index contributed by atoms with van der Waals surface area (Å²) in [4.78, 5) is 0. The summed E-state index contributed by atoms with van der Waals surface area (Å²) in [7, 11) is 0. The van der Waals surface area contributed by atoms with Gasteiger partial charge in [0.05, 0.1) is 12.2 Å². The van der Waals surface area contributed by atoms with Gasteiger partial charge in [0.1, 0.15) is 0 Å². The molecular weight excluding hydrogens is 212 g/mol. The molecule has 2 nitrogen and oxygen atoms in total. The molecule has 2 atom stereocenters. The Morgan fingerprint density at radius 3 is 1.65 bits per heavy atom. The number of allylic oxidation sites excluding steroid dienone is 2. The second-order valence-corrected chi connectivity index (χ2v) is 3.69. The van der Waals surface area contributed by atoms with Gasteiger partial charge in [0.25, 0.3) is 0 Å². The van der Waals surface area contributed by atoms with E-state index in [0.717, 1.165) is 32.1 Å². The number of hydrogen-bond acceptors (Lipinski definition) is 2. The van der Waals surface area contributed by atoms with Crippen molar-refractivity contribution in [1.82, 2.24) is 0 Å². The van der Waals surface area contributed by atoms with Gasteiger partial charge in [0, 0.05) is 0 Å². The minimum Gasteiger partial charge on any atom is -0.389 e. The topological polar surface area (TPSA) is 40.5 Å². The van der Waals surface area contributed by atoms with Gasteiger partial charge in [-0.3, -0.25) is 0 Å². The third-order valence-electron chi connectivity index (χ3n) is 2.12. The molecule has 2 unspecified atom stereocenters. The molecule has 0 aliphatic rings. The van der Waals surface area contributed by atoms with Crippen molar-refractivity contribution >= 4 is 0 Å². The van der Waals surface area contributed by atoms with Crippen LogP contribution in [0.1, 0.15) is 32.1 Å². The lowest BCUT2D eigenvalue weighted by atomic mass is 10.1. The van der Waals surface area contributed by atoms with Crippen molar-refractivity contribution in [3.8, 4) is 0 Å². The average Bonchev–Trinajstić information content (AvgIpc) is 2.36. The van der Waals surface area contributed by atoms with Crippen molar-refractivity contribution in [3.05, 3.63) is 50.6 Å². The van der Waals surface area contributed by atoms with Crippen LogP contribution in [0.3, 0.4) is 0 Å². The second-order valence-electron chi connectivity index (χ2n) is 3.69. The SMILES string of the molecule is C=CCCC(O)C=C.C=CCCCC(O)C=C. The molecule has 0 heterocycles. The highest BCUT2D eigenvalue weighted by Gasteiger charge is 1.94. The molecule has 0 fully saturated rings. The first-order valence-corrected chi connectivity index (χ1v) is 5.95. The summed E-state index contributed by atoms with van der Waals surface area (Å²) in [6.45, 7) is 14.0. The summed E-state index contributed by atoms with van der Waals surface area (Å²) >= 11 is 0. The van der Waals surface area contributed by atoms with Gasteiger partial charge in [0.2, 0.25) is 0 Å². The molecule has 0 aromatic carbocycles. The molecule has 0 aliphatic heterocycles. The van der Waals surface area contributed by atoms with Crippen LogP contribution in [-0.4, -0.2) is 22.4 Å². The Bertz CT molecular complexity index is 209. The van der Waals surface area contributed by atoms with E-state index >= 15 is 0 Å². The van der Waals surface area contributed by atoms with Crippen LogP contribution < -0.4 is 0 Å². The Morgan fingerprint density at radius 1 is 0.765 bits per heavy atom. The highest BCUT2D eigenvalue weighted by atomic mass is 16.3. The van der Waals surface area contributed by atoms with Crippen molar-refractivity contribution in [2.75, 3.05) is 0 Å². The minimum atomic E-state index is -0.354. The maximum atomic E-state index is 8.93. The predicted octanol–water partition coefficient (Wildman–Crippen LogP) is 3.39. The molecule has 17 heavy (non-hydrogen) atoms. The van der Waals surface area contributed by atoms with Crippen molar-refractivity contribution in [2.45, 2.75) is 44.3 Å². The summed E-state index contributed by atoms with van der Waals surface area (Å²) in [6, 6.07) is 0. The Morgan fingerprint density at radius 2 is 1.24 bits per heavy atom. The molecule has 0 saturated heterocycles. The quantitative estimate of drug-likeness (QED) is 0.477. The Balaban J connectivity index is 0. The van der Waals surface area contributed by atoms with Gasteiger partial charge in [-0.2, -0.15) is 0 Å². The van der Waals surface area contributed by atoms with Gasteiger partial charge in [0.15, 0.2) is 0 Å². The van der Waals surface area contributed by atoms with E-state index in [4.69, 9.17) is 10.2 Å². The smallest absolute Gasteiger partial charge is 0.0721 e. The van der Waals surface area contributed by atoms with E-state index in [9.17, 15) is 0 Å². The molecule has 2 heteroatoms. The Kier molecular flexibility index (Phi) is 16.0. The average molecular weight is 238 g/mol. The molecule has 0 aliphatic carbocycles. The summed E-state index contributed by atoms with van der Waals surface area (Å²) in [5, 5.41) is 17.8. The zero-order chi connectivity index (χ0) is 13.5. The van der Waals surface area contributed by atoms with Crippen LogP contribution in [0.25, 0.3) is 0 Å². The van der Waals surface area contributed by atoms with Crippen LogP contribution in [0.5, 0.6) is 0 Å². The van der Waals surface area contributed by atoms with Crippen LogP contribution >= 0.6 is 0 Å². The number of unbranched alkanes of at least 4 members (excludes halogenated alkanes) is 1. The lowest BCUT2D eigenvalue weighted by Crippen LogP contribution is -1.99. The normalized spacial score (nSPS) is 12.6. The first kappa shape index (κ1) is 18.3. The summed E-state index contributed by atoms with van der Waals surface area (Å²) in [5.41, 5.74) is 0. The van der Waals surface area contributed by atoms with Crippen LogP contribution in [0.15, 0.2) is 50.6 Å². The third-order valence-corrected chi connectivity index (χ3v) is 2.12. The van der Waals surface area contributed by atoms with Gasteiger partial charge >= 0.3 is 0 Å². The molecule has 0 aromatic heterocycles. The van der Waals surface area contributed by atoms with Crippen molar-refractivity contribution < 1.29 is 10.2 Å². The fourth-order valence-electron chi connectivity index (χ4n) is 0.996. The van der Waals surface area contributed by atoms with Gasteiger partial charge in [-0.25, -0.2) is 0 Å². The molecule has 98 valence electrons. The van der Waals surface area contributed by atoms with Gasteiger partial charge in [-0.1, -0.05) is 24.3 Å². The van der Waals surface area contributed by atoms with Crippen molar-refractivity contribution in [1.29, 1.82) is 0 Å². The fourth-order valence-corrected chi connectivity index (χ4v) is 0.996. The Labute approximate surface area is 106 Å². The van der Waals surface area contributed by atoms with E-state index in [1.165, 1.54) is 6.08 Å². The fraction of sp³-hybridized carbons (Fsp3) is 0.467. The second kappa shape index (κ2) is 14.9. The molecule has 2 N–H and O–H groups in total. The van der Waals surface area contributed by atoms with Crippen LogP contribution in [0.4, 0.5) is 0 Å². The summed E-state index contributed by atoms with van der Waals surface area (Å²) < 4.78 is 0. The number of rotatable bonds is 9. The van der Waals surface area contributed by atoms with E-state index in [1.54, 1.807) is 12.2 Å². The van der Waals surface area contributed by atoms with Crippen LogP contribution in [-0.2, 0) is 0 Å². The number of aliphatic hydroxyl groups is 2. The van der Waals surface area contributed by atoms with Crippen molar-refractivity contribution in [3.63, 3.8) is 0 Å². The standard InChI is InChI=1S/C8H14O.C7H12O/c1-3-5-6-7-8(9)4-2;1-3-5-6-7(8)4-2/h3-4,8-9H,1-2,5-7H2;3-4,7-8H,1-2,5-6H2.